The van der Waals surface area contributed by atoms with E-state index in [0.717, 1.165) is 0 Å². The number of hydrogen-bond acceptors (Lipinski definition) is 7. The molecule has 0 radical (unpaired) electrons. The summed E-state index contributed by atoms with van der Waals surface area (Å²) in [5.74, 6) is -3.83. The molecule has 0 fully saturated rings. The standard InChI is InChI=1S/CH2N4O6/c2-1(3(6)7,4(8)9)5(10)11/h2H2. The minimum absolute atomic E-state index is 1.78. The summed E-state index contributed by atoms with van der Waals surface area (Å²) >= 11 is 0. The second-order valence-corrected chi connectivity index (χ2v) is 1.46. The molecule has 0 aromatic carbocycles. The Balaban J connectivity index is 4.99. The second-order valence-electron chi connectivity index (χ2n) is 1.46. The normalized spacial score (nSPS) is 10.6. The van der Waals surface area contributed by atoms with Gasteiger partial charge in [0.15, 0.2) is 14.8 Å². The van der Waals surface area contributed by atoms with E-state index in [1.54, 1.807) is 0 Å². The minimum Gasteiger partial charge on any atom is -0.251 e. The van der Waals surface area contributed by atoms with Gasteiger partial charge < -0.3 is 0 Å². The van der Waals surface area contributed by atoms with Gasteiger partial charge in [-0.05, 0) is 0 Å². The zero-order valence-corrected chi connectivity index (χ0v) is 4.87. The molecule has 0 saturated heterocycles. The Kier molecular flexibility index (Phi) is 2.01. The van der Waals surface area contributed by atoms with Gasteiger partial charge in [0, 0.05) is 0 Å². The number of nitrogens with zero attached hydrogens (tertiary/aromatic N) is 3. The molecule has 11 heavy (non-hydrogen) atoms. The van der Waals surface area contributed by atoms with Crippen molar-refractivity contribution in [2.75, 3.05) is 0 Å². The first-order chi connectivity index (χ1) is 4.83. The first kappa shape index (κ1) is 9.16. The Morgan fingerprint density at radius 2 is 1.09 bits per heavy atom. The molecule has 0 heterocycles. The first-order valence-electron chi connectivity index (χ1n) is 2.05. The first-order valence-corrected chi connectivity index (χ1v) is 2.05. The zero-order valence-electron chi connectivity index (χ0n) is 4.87. The van der Waals surface area contributed by atoms with Crippen molar-refractivity contribution >= 4 is 0 Å². The lowest BCUT2D eigenvalue weighted by Gasteiger charge is -2.00. The van der Waals surface area contributed by atoms with Crippen molar-refractivity contribution in [2.45, 2.75) is 5.91 Å². The molecule has 0 rings (SSSR count). The highest BCUT2D eigenvalue weighted by Gasteiger charge is 2.67. The summed E-state index contributed by atoms with van der Waals surface area (Å²) in [6, 6.07) is 0. The third kappa shape index (κ3) is 1.19. The van der Waals surface area contributed by atoms with Crippen molar-refractivity contribution in [3.8, 4) is 0 Å². The van der Waals surface area contributed by atoms with Gasteiger partial charge in [0.1, 0.15) is 0 Å². The molecule has 62 valence electrons. The average molecular weight is 166 g/mol. The van der Waals surface area contributed by atoms with E-state index in [9.17, 15) is 30.3 Å². The molecule has 0 amide bonds. The van der Waals surface area contributed by atoms with Crippen LogP contribution in [0, 0.1) is 30.3 Å². The maximum absolute atomic E-state index is 9.70. The molecule has 0 bridgehead atoms. The molecule has 0 aliphatic rings. The maximum atomic E-state index is 9.70. The van der Waals surface area contributed by atoms with Crippen LogP contribution in [0.2, 0.25) is 0 Å². The van der Waals surface area contributed by atoms with E-state index in [-0.39, 0.29) is 0 Å². The van der Waals surface area contributed by atoms with Crippen LogP contribution in [-0.2, 0) is 0 Å². The second kappa shape index (κ2) is 2.42. The quantitative estimate of drug-likeness (QED) is 0.300. The van der Waals surface area contributed by atoms with Crippen LogP contribution in [0.4, 0.5) is 0 Å². The van der Waals surface area contributed by atoms with Gasteiger partial charge in [-0.1, -0.05) is 0 Å². The molecule has 10 heteroatoms. The topological polar surface area (TPSA) is 155 Å². The van der Waals surface area contributed by atoms with Gasteiger partial charge in [-0.15, -0.1) is 5.73 Å². The SMILES string of the molecule is NC([N+](=O)[O-])([N+](=O)[O-])[N+](=O)[O-]. The van der Waals surface area contributed by atoms with Crippen LogP contribution in [0.15, 0.2) is 0 Å². The number of rotatable bonds is 3. The maximum Gasteiger partial charge on any atom is 0.774 e. The monoisotopic (exact) mass is 166 g/mol. The summed E-state index contributed by atoms with van der Waals surface area (Å²) in [7, 11) is 0. The van der Waals surface area contributed by atoms with E-state index in [4.69, 9.17) is 0 Å². The summed E-state index contributed by atoms with van der Waals surface area (Å²) in [6.45, 7) is 0. The molecule has 0 atom stereocenters. The van der Waals surface area contributed by atoms with Crippen molar-refractivity contribution in [1.82, 2.24) is 0 Å². The van der Waals surface area contributed by atoms with E-state index in [0.29, 0.717) is 0 Å². The van der Waals surface area contributed by atoms with Crippen molar-refractivity contribution in [3.63, 3.8) is 0 Å². The molecular formula is CH2N4O6. The van der Waals surface area contributed by atoms with E-state index >= 15 is 0 Å². The lowest BCUT2D eigenvalue weighted by atomic mass is 10.7. The van der Waals surface area contributed by atoms with Crippen LogP contribution in [0.3, 0.4) is 0 Å². The van der Waals surface area contributed by atoms with Gasteiger partial charge in [-0.25, -0.2) is 0 Å². The predicted molar refractivity (Wildman–Crippen MR) is 27.9 cm³/mol. The van der Waals surface area contributed by atoms with E-state index in [1.165, 1.54) is 0 Å². The van der Waals surface area contributed by atoms with Crippen LogP contribution >= 0.6 is 0 Å². The molecular weight excluding hydrogens is 164 g/mol. The molecule has 0 saturated carbocycles. The van der Waals surface area contributed by atoms with Crippen molar-refractivity contribution in [3.05, 3.63) is 30.3 Å². The summed E-state index contributed by atoms with van der Waals surface area (Å²) < 4.78 is 0. The van der Waals surface area contributed by atoms with Gasteiger partial charge in [0.25, 0.3) is 0 Å². The van der Waals surface area contributed by atoms with Crippen molar-refractivity contribution in [2.24, 2.45) is 5.73 Å². The average Bonchev–Trinajstić information content (AvgIpc) is 1.84. The van der Waals surface area contributed by atoms with Crippen LogP contribution in [0.5, 0.6) is 0 Å². The van der Waals surface area contributed by atoms with E-state index < -0.39 is 20.7 Å². The summed E-state index contributed by atoms with van der Waals surface area (Å²) in [6.07, 6.45) is 0. The zero-order chi connectivity index (χ0) is 9.23. The van der Waals surface area contributed by atoms with E-state index in [1.807, 2.05) is 0 Å². The fourth-order valence-electron chi connectivity index (χ4n) is 0.200. The number of hydrogen-bond donors (Lipinski definition) is 1. The smallest absolute Gasteiger partial charge is 0.251 e. The van der Waals surface area contributed by atoms with Crippen LogP contribution < -0.4 is 5.73 Å². The van der Waals surface area contributed by atoms with Gasteiger partial charge in [-0.2, -0.15) is 0 Å². The molecule has 2 N–H and O–H groups in total. The number of nitrogens with two attached hydrogens (primary N) is 1. The van der Waals surface area contributed by atoms with Gasteiger partial charge in [-0.3, -0.25) is 30.3 Å². The Morgan fingerprint density at radius 1 is 0.909 bits per heavy atom. The van der Waals surface area contributed by atoms with Crippen LogP contribution in [0.1, 0.15) is 0 Å². The van der Waals surface area contributed by atoms with Gasteiger partial charge in [0.05, 0.1) is 0 Å². The minimum atomic E-state index is -3.83. The molecule has 0 unspecified atom stereocenters. The third-order valence-corrected chi connectivity index (χ3v) is 0.806. The lowest BCUT2D eigenvalue weighted by Crippen LogP contribution is -2.60. The molecule has 0 aliphatic heterocycles. The van der Waals surface area contributed by atoms with Crippen LogP contribution in [-0.4, -0.2) is 20.7 Å². The fraction of sp³-hybridized carbons (Fsp3) is 1.00. The summed E-state index contributed by atoms with van der Waals surface area (Å²) in [4.78, 5) is 23.8. The Hall–Kier alpha value is -1.84. The largest absolute Gasteiger partial charge is 0.774 e. The van der Waals surface area contributed by atoms with Crippen LogP contribution in [0.25, 0.3) is 0 Å². The Bertz CT molecular complexity index is 185. The molecule has 0 aliphatic carbocycles. The number of nitro groups is 3. The van der Waals surface area contributed by atoms with Crippen molar-refractivity contribution < 1.29 is 14.8 Å². The highest BCUT2D eigenvalue weighted by atomic mass is 16.7. The van der Waals surface area contributed by atoms with Gasteiger partial charge >= 0.3 is 5.91 Å². The highest BCUT2D eigenvalue weighted by Crippen LogP contribution is 2.02. The third-order valence-electron chi connectivity index (χ3n) is 0.806. The van der Waals surface area contributed by atoms with Gasteiger partial charge in [0.2, 0.25) is 0 Å². The van der Waals surface area contributed by atoms with E-state index in [2.05, 4.69) is 5.73 Å². The lowest BCUT2D eigenvalue weighted by molar-refractivity contribution is -0.969. The highest BCUT2D eigenvalue weighted by molar-refractivity contribution is 4.37. The molecule has 0 aromatic rings. The summed E-state index contributed by atoms with van der Waals surface area (Å²) in [5, 5.41) is 29.1. The molecule has 0 spiro atoms. The predicted octanol–water partition coefficient (Wildman–Crippen LogP) is -1.61. The Morgan fingerprint density at radius 3 is 1.09 bits per heavy atom. The Labute approximate surface area is 58.0 Å². The molecule has 10 nitrogen and oxygen atoms in total. The van der Waals surface area contributed by atoms with Crippen molar-refractivity contribution in [1.29, 1.82) is 0 Å². The summed E-state index contributed by atoms with van der Waals surface area (Å²) in [5.41, 5.74) is 4.23. The fourth-order valence-corrected chi connectivity index (χ4v) is 0.200. The molecule has 0 aromatic heterocycles.